The molecule has 1 aliphatic carbocycles. The number of hydrogen-bond donors (Lipinski definition) is 1. The largest absolute Gasteiger partial charge is 0.492 e. The van der Waals surface area contributed by atoms with Crippen LogP contribution in [0.1, 0.15) is 30.4 Å². The molecule has 6 heteroatoms. The van der Waals surface area contributed by atoms with Crippen LogP contribution in [-0.2, 0) is 12.7 Å². The number of alkyl halides is 3. The molecule has 0 radical (unpaired) electrons. The average molecular weight is 298 g/mol. The summed E-state index contributed by atoms with van der Waals surface area (Å²) in [5.41, 5.74) is -0.459. The first-order valence-electron chi connectivity index (χ1n) is 6.75. The minimum Gasteiger partial charge on any atom is -0.492 e. The van der Waals surface area contributed by atoms with Gasteiger partial charge in [0.1, 0.15) is 5.75 Å². The molecule has 1 saturated carbocycles. The lowest BCUT2D eigenvalue weighted by Gasteiger charge is -2.18. The molecule has 0 spiro atoms. The summed E-state index contributed by atoms with van der Waals surface area (Å²) in [5, 5.41) is 11.5. The van der Waals surface area contributed by atoms with Crippen LogP contribution in [0.3, 0.4) is 0 Å². The molecule has 0 aromatic heterocycles. The summed E-state index contributed by atoms with van der Waals surface area (Å²) >= 11 is 0. The summed E-state index contributed by atoms with van der Waals surface area (Å²) in [4.78, 5) is 0. The Kier molecular flexibility index (Phi) is 4.43. The quantitative estimate of drug-likeness (QED) is 0.874. The van der Waals surface area contributed by atoms with E-state index in [1.165, 1.54) is 6.07 Å². The first kappa shape index (κ1) is 15.6. The summed E-state index contributed by atoms with van der Waals surface area (Å²) in [6.07, 6.45) is -2.46. The van der Waals surface area contributed by atoms with Gasteiger partial charge in [-0.3, -0.25) is 0 Å². The van der Waals surface area contributed by atoms with E-state index in [2.05, 4.69) is 11.4 Å². The maximum atomic E-state index is 13.1. The van der Waals surface area contributed by atoms with Crippen molar-refractivity contribution in [3.05, 3.63) is 29.3 Å². The molecule has 21 heavy (non-hydrogen) atoms. The zero-order valence-corrected chi connectivity index (χ0v) is 11.8. The van der Waals surface area contributed by atoms with Crippen LogP contribution in [0.15, 0.2) is 18.2 Å². The third kappa shape index (κ3) is 3.88. The molecule has 1 aromatic carbocycles. The molecule has 114 valence electrons. The van der Waals surface area contributed by atoms with Crippen LogP contribution in [0.5, 0.6) is 5.75 Å². The van der Waals surface area contributed by atoms with Crippen molar-refractivity contribution < 1.29 is 17.9 Å². The highest BCUT2D eigenvalue weighted by molar-refractivity contribution is 5.39. The molecule has 0 unspecified atom stereocenters. The molecule has 0 amide bonds. The lowest BCUT2D eigenvalue weighted by Crippen LogP contribution is -2.16. The topological polar surface area (TPSA) is 45.0 Å². The molecule has 3 nitrogen and oxygen atoms in total. The number of nitrogens with zero attached hydrogens (tertiary/aromatic N) is 1. The van der Waals surface area contributed by atoms with Gasteiger partial charge in [-0.05, 0) is 37.6 Å². The van der Waals surface area contributed by atoms with E-state index in [-0.39, 0.29) is 17.8 Å². The zero-order chi connectivity index (χ0) is 15.5. The first-order chi connectivity index (χ1) is 9.90. The Morgan fingerprint density at radius 3 is 2.62 bits per heavy atom. The number of ether oxygens (including phenoxy) is 1. The van der Waals surface area contributed by atoms with E-state index in [9.17, 15) is 13.2 Å². The smallest absolute Gasteiger partial charge is 0.419 e. The van der Waals surface area contributed by atoms with E-state index in [0.717, 1.165) is 18.9 Å². The Balaban J connectivity index is 2.16. The molecular weight excluding hydrogens is 281 g/mol. The van der Waals surface area contributed by atoms with Crippen LogP contribution in [0.2, 0.25) is 0 Å². The molecule has 2 rings (SSSR count). The van der Waals surface area contributed by atoms with Gasteiger partial charge in [-0.25, -0.2) is 0 Å². The fraction of sp³-hybridized carbons (Fsp3) is 0.533. The second kappa shape index (κ2) is 5.94. The molecule has 1 N–H and O–H groups in total. The summed E-state index contributed by atoms with van der Waals surface area (Å²) < 4.78 is 44.7. The molecule has 1 aliphatic rings. The van der Waals surface area contributed by atoms with E-state index >= 15 is 0 Å². The van der Waals surface area contributed by atoms with Gasteiger partial charge in [-0.2, -0.15) is 18.4 Å². The van der Waals surface area contributed by atoms with E-state index in [1.807, 2.05) is 0 Å². The number of hydrogen-bond acceptors (Lipinski definition) is 3. The van der Waals surface area contributed by atoms with Crippen molar-refractivity contribution in [2.45, 2.75) is 32.0 Å². The summed E-state index contributed by atoms with van der Waals surface area (Å²) in [6, 6.07) is 6.15. The lowest BCUT2D eigenvalue weighted by molar-refractivity contribution is -0.139. The molecule has 1 aromatic rings. The molecular formula is C15H17F3N2O. The van der Waals surface area contributed by atoms with Crippen molar-refractivity contribution >= 4 is 0 Å². The minimum absolute atomic E-state index is 0.161. The predicted molar refractivity (Wildman–Crippen MR) is 71.6 cm³/mol. The maximum absolute atomic E-state index is 13.1. The third-order valence-electron chi connectivity index (χ3n) is 3.68. The van der Waals surface area contributed by atoms with Crippen LogP contribution >= 0.6 is 0 Å². The third-order valence-corrected chi connectivity index (χ3v) is 3.68. The van der Waals surface area contributed by atoms with Gasteiger partial charge in [0.15, 0.2) is 0 Å². The Labute approximate surface area is 121 Å². The highest BCUT2D eigenvalue weighted by atomic mass is 19.4. The SMILES string of the molecule is CNCc1ccc(OCC2(CC#N)CC2)c(C(F)(F)F)c1. The summed E-state index contributed by atoms with van der Waals surface area (Å²) in [5.74, 6) is -0.161. The van der Waals surface area contributed by atoms with Crippen LogP contribution < -0.4 is 10.1 Å². The summed E-state index contributed by atoms with van der Waals surface area (Å²) in [7, 11) is 1.68. The van der Waals surface area contributed by atoms with Crippen LogP contribution in [0, 0.1) is 16.7 Å². The van der Waals surface area contributed by atoms with Gasteiger partial charge in [-0.15, -0.1) is 0 Å². The highest BCUT2D eigenvalue weighted by Gasteiger charge is 2.44. The molecule has 1 fully saturated rings. The molecule has 0 bridgehead atoms. The Hall–Kier alpha value is -1.74. The summed E-state index contributed by atoms with van der Waals surface area (Å²) in [6.45, 7) is 0.525. The number of nitrogens with one attached hydrogen (secondary N) is 1. The van der Waals surface area contributed by atoms with Gasteiger partial charge in [0.2, 0.25) is 0 Å². The highest BCUT2D eigenvalue weighted by Crippen LogP contribution is 2.49. The Morgan fingerprint density at radius 1 is 1.38 bits per heavy atom. The standard InChI is InChI=1S/C15H17F3N2O/c1-20-9-11-2-3-13(12(8-11)15(16,17)18)21-10-14(4-5-14)6-7-19/h2-3,8,20H,4-6,9-10H2,1H3. The number of benzene rings is 1. The van der Waals surface area contributed by atoms with Crippen LogP contribution in [0.4, 0.5) is 13.2 Å². The van der Waals surface area contributed by atoms with E-state index in [1.54, 1.807) is 13.1 Å². The molecule has 0 aliphatic heterocycles. The predicted octanol–water partition coefficient (Wildman–Crippen LogP) is 3.50. The normalized spacial score (nSPS) is 16.3. The lowest BCUT2D eigenvalue weighted by atomic mass is 10.1. The monoisotopic (exact) mass is 298 g/mol. The average Bonchev–Trinajstić information content (AvgIpc) is 3.17. The minimum atomic E-state index is -4.45. The van der Waals surface area contributed by atoms with Crippen molar-refractivity contribution in [1.29, 1.82) is 5.26 Å². The van der Waals surface area contributed by atoms with Crippen LogP contribution in [0.25, 0.3) is 0 Å². The number of halogens is 3. The van der Waals surface area contributed by atoms with Crippen molar-refractivity contribution in [1.82, 2.24) is 5.32 Å². The van der Waals surface area contributed by atoms with Crippen molar-refractivity contribution in [2.75, 3.05) is 13.7 Å². The Bertz CT molecular complexity index is 545. The van der Waals surface area contributed by atoms with Gasteiger partial charge in [0, 0.05) is 18.4 Å². The number of nitriles is 1. The van der Waals surface area contributed by atoms with Gasteiger partial charge in [-0.1, -0.05) is 6.07 Å². The molecule has 0 heterocycles. The van der Waals surface area contributed by atoms with Gasteiger partial charge in [0.05, 0.1) is 18.2 Å². The van der Waals surface area contributed by atoms with Gasteiger partial charge < -0.3 is 10.1 Å². The van der Waals surface area contributed by atoms with E-state index < -0.39 is 11.7 Å². The second-order valence-electron chi connectivity index (χ2n) is 5.48. The number of rotatable bonds is 6. The second-order valence-corrected chi connectivity index (χ2v) is 5.48. The molecule has 0 saturated heterocycles. The first-order valence-corrected chi connectivity index (χ1v) is 6.75. The van der Waals surface area contributed by atoms with E-state index in [4.69, 9.17) is 10.00 Å². The van der Waals surface area contributed by atoms with Crippen molar-refractivity contribution in [3.63, 3.8) is 0 Å². The fourth-order valence-electron chi connectivity index (χ4n) is 2.19. The van der Waals surface area contributed by atoms with Crippen LogP contribution in [-0.4, -0.2) is 13.7 Å². The van der Waals surface area contributed by atoms with Crippen molar-refractivity contribution in [3.8, 4) is 11.8 Å². The fourth-order valence-corrected chi connectivity index (χ4v) is 2.19. The maximum Gasteiger partial charge on any atom is 0.419 e. The Morgan fingerprint density at radius 2 is 2.10 bits per heavy atom. The van der Waals surface area contributed by atoms with Gasteiger partial charge >= 0.3 is 6.18 Å². The zero-order valence-electron chi connectivity index (χ0n) is 11.8. The van der Waals surface area contributed by atoms with E-state index in [0.29, 0.717) is 18.5 Å². The van der Waals surface area contributed by atoms with Crippen molar-refractivity contribution in [2.24, 2.45) is 5.41 Å². The molecule has 0 atom stereocenters. The van der Waals surface area contributed by atoms with Gasteiger partial charge in [0.25, 0.3) is 0 Å².